The zero-order chi connectivity index (χ0) is 12.0. The second-order valence-electron chi connectivity index (χ2n) is 3.78. The van der Waals surface area contributed by atoms with Crippen molar-refractivity contribution in [1.82, 2.24) is 10.3 Å². The third-order valence-corrected chi connectivity index (χ3v) is 2.56. The van der Waals surface area contributed by atoms with Gasteiger partial charge >= 0.3 is 6.03 Å². The van der Waals surface area contributed by atoms with Gasteiger partial charge in [-0.25, -0.2) is 9.78 Å². The second-order valence-corrected chi connectivity index (χ2v) is 3.78. The molecule has 16 heavy (non-hydrogen) atoms. The maximum absolute atomic E-state index is 11.6. The van der Waals surface area contributed by atoms with Crippen LogP contribution in [0.1, 0.15) is 32.3 Å². The van der Waals surface area contributed by atoms with Crippen molar-refractivity contribution in [2.75, 3.05) is 5.32 Å². The number of urea groups is 1. The van der Waals surface area contributed by atoms with Gasteiger partial charge in [-0.05, 0) is 31.4 Å². The summed E-state index contributed by atoms with van der Waals surface area (Å²) >= 11 is 0. The SMILES string of the molecule is CCC(CC)NC(=O)Nc1ncccc1C. The Labute approximate surface area is 96.5 Å². The van der Waals surface area contributed by atoms with Crippen molar-refractivity contribution in [3.8, 4) is 0 Å². The lowest BCUT2D eigenvalue weighted by molar-refractivity contribution is 0.247. The Kier molecular flexibility index (Phi) is 4.76. The van der Waals surface area contributed by atoms with E-state index in [0.717, 1.165) is 18.4 Å². The van der Waals surface area contributed by atoms with Gasteiger partial charge < -0.3 is 5.32 Å². The number of carbonyl (C=O) groups is 1. The van der Waals surface area contributed by atoms with E-state index in [1.54, 1.807) is 6.20 Å². The fraction of sp³-hybridized carbons (Fsp3) is 0.500. The molecule has 0 aliphatic heterocycles. The molecule has 1 aromatic heterocycles. The van der Waals surface area contributed by atoms with E-state index in [-0.39, 0.29) is 12.1 Å². The molecule has 0 spiro atoms. The van der Waals surface area contributed by atoms with Gasteiger partial charge in [0, 0.05) is 12.2 Å². The molecular formula is C12H19N3O. The Bertz CT molecular complexity index is 348. The maximum Gasteiger partial charge on any atom is 0.320 e. The number of pyridine rings is 1. The number of carbonyl (C=O) groups excluding carboxylic acids is 1. The summed E-state index contributed by atoms with van der Waals surface area (Å²) in [5.41, 5.74) is 0.960. The van der Waals surface area contributed by atoms with Crippen LogP contribution in [0.5, 0.6) is 0 Å². The molecule has 0 aromatic carbocycles. The normalized spacial score (nSPS) is 10.2. The smallest absolute Gasteiger partial charge is 0.320 e. The molecule has 0 radical (unpaired) electrons. The lowest BCUT2D eigenvalue weighted by Gasteiger charge is -2.15. The van der Waals surface area contributed by atoms with Gasteiger partial charge in [-0.3, -0.25) is 5.32 Å². The van der Waals surface area contributed by atoms with E-state index in [1.807, 2.05) is 19.1 Å². The Balaban J connectivity index is 2.55. The molecule has 0 fully saturated rings. The molecule has 0 atom stereocenters. The van der Waals surface area contributed by atoms with Crippen LogP contribution < -0.4 is 10.6 Å². The summed E-state index contributed by atoms with van der Waals surface area (Å²) in [6.45, 7) is 6.03. The van der Waals surface area contributed by atoms with Crippen LogP contribution in [0.25, 0.3) is 0 Å². The summed E-state index contributed by atoms with van der Waals surface area (Å²) in [6.07, 6.45) is 3.54. The summed E-state index contributed by atoms with van der Waals surface area (Å²) in [7, 11) is 0. The number of amides is 2. The number of nitrogens with zero attached hydrogens (tertiary/aromatic N) is 1. The van der Waals surface area contributed by atoms with Gasteiger partial charge in [0.25, 0.3) is 0 Å². The quantitative estimate of drug-likeness (QED) is 0.821. The molecule has 1 heterocycles. The third-order valence-electron chi connectivity index (χ3n) is 2.56. The van der Waals surface area contributed by atoms with E-state index in [4.69, 9.17) is 0 Å². The number of hydrogen-bond donors (Lipinski definition) is 2. The molecule has 2 N–H and O–H groups in total. The molecular weight excluding hydrogens is 202 g/mol. The summed E-state index contributed by atoms with van der Waals surface area (Å²) < 4.78 is 0. The number of anilines is 1. The molecule has 4 heteroatoms. The zero-order valence-corrected chi connectivity index (χ0v) is 10.1. The molecule has 1 aromatic rings. The van der Waals surface area contributed by atoms with Gasteiger partial charge in [-0.15, -0.1) is 0 Å². The largest absolute Gasteiger partial charge is 0.335 e. The fourth-order valence-corrected chi connectivity index (χ4v) is 1.44. The summed E-state index contributed by atoms with van der Waals surface area (Å²) in [5, 5.41) is 5.65. The Morgan fingerprint density at radius 1 is 1.44 bits per heavy atom. The Morgan fingerprint density at radius 3 is 2.69 bits per heavy atom. The first-order valence-corrected chi connectivity index (χ1v) is 5.66. The summed E-state index contributed by atoms with van der Waals surface area (Å²) in [6, 6.07) is 3.80. The van der Waals surface area contributed by atoms with Gasteiger partial charge in [0.2, 0.25) is 0 Å². The van der Waals surface area contributed by atoms with E-state index in [2.05, 4.69) is 29.5 Å². The first-order valence-electron chi connectivity index (χ1n) is 5.66. The summed E-state index contributed by atoms with van der Waals surface area (Å²) in [5.74, 6) is 0.617. The Hall–Kier alpha value is -1.58. The van der Waals surface area contributed by atoms with Crippen molar-refractivity contribution in [2.24, 2.45) is 0 Å². The number of rotatable bonds is 4. The first kappa shape index (κ1) is 12.5. The van der Waals surface area contributed by atoms with E-state index < -0.39 is 0 Å². The van der Waals surface area contributed by atoms with Crippen LogP contribution >= 0.6 is 0 Å². The minimum Gasteiger partial charge on any atom is -0.335 e. The van der Waals surface area contributed by atoms with Gasteiger partial charge in [0.1, 0.15) is 5.82 Å². The molecule has 4 nitrogen and oxygen atoms in total. The topological polar surface area (TPSA) is 54.0 Å². The van der Waals surface area contributed by atoms with Crippen molar-refractivity contribution in [2.45, 2.75) is 39.7 Å². The van der Waals surface area contributed by atoms with Crippen LogP contribution in [0, 0.1) is 6.92 Å². The average Bonchev–Trinajstić information content (AvgIpc) is 2.29. The van der Waals surface area contributed by atoms with E-state index in [0.29, 0.717) is 5.82 Å². The van der Waals surface area contributed by atoms with Crippen molar-refractivity contribution in [3.05, 3.63) is 23.9 Å². The number of nitrogens with one attached hydrogen (secondary N) is 2. The number of aromatic nitrogens is 1. The number of hydrogen-bond acceptors (Lipinski definition) is 2. The molecule has 0 saturated heterocycles. The van der Waals surface area contributed by atoms with Crippen molar-refractivity contribution in [1.29, 1.82) is 0 Å². The average molecular weight is 221 g/mol. The van der Waals surface area contributed by atoms with Crippen LogP contribution in [-0.4, -0.2) is 17.1 Å². The van der Waals surface area contributed by atoms with E-state index in [9.17, 15) is 4.79 Å². The standard InChI is InChI=1S/C12H19N3O/c1-4-10(5-2)14-12(16)15-11-9(3)7-6-8-13-11/h6-8,10H,4-5H2,1-3H3,(H2,13,14,15,16). The second kappa shape index (κ2) is 6.10. The highest BCUT2D eigenvalue weighted by Gasteiger charge is 2.09. The highest BCUT2D eigenvalue weighted by atomic mass is 16.2. The van der Waals surface area contributed by atoms with Crippen molar-refractivity contribution < 1.29 is 4.79 Å². The molecule has 88 valence electrons. The predicted molar refractivity (Wildman–Crippen MR) is 65.5 cm³/mol. The van der Waals surface area contributed by atoms with Crippen molar-refractivity contribution >= 4 is 11.8 Å². The molecule has 1 rings (SSSR count). The zero-order valence-electron chi connectivity index (χ0n) is 10.1. The highest BCUT2D eigenvalue weighted by Crippen LogP contribution is 2.08. The number of aryl methyl sites for hydroxylation is 1. The predicted octanol–water partition coefficient (Wildman–Crippen LogP) is 2.70. The summed E-state index contributed by atoms with van der Waals surface area (Å²) in [4.78, 5) is 15.7. The van der Waals surface area contributed by atoms with E-state index in [1.165, 1.54) is 0 Å². The van der Waals surface area contributed by atoms with Crippen LogP contribution in [-0.2, 0) is 0 Å². The fourth-order valence-electron chi connectivity index (χ4n) is 1.44. The highest BCUT2D eigenvalue weighted by molar-refractivity contribution is 5.89. The van der Waals surface area contributed by atoms with Crippen LogP contribution in [0.3, 0.4) is 0 Å². The van der Waals surface area contributed by atoms with Gasteiger partial charge in [-0.1, -0.05) is 19.9 Å². The van der Waals surface area contributed by atoms with Gasteiger partial charge in [0.15, 0.2) is 0 Å². The minimum absolute atomic E-state index is 0.185. The molecule has 0 unspecified atom stereocenters. The van der Waals surface area contributed by atoms with Crippen LogP contribution in [0.15, 0.2) is 18.3 Å². The molecule has 0 saturated carbocycles. The lowest BCUT2D eigenvalue weighted by atomic mass is 10.2. The van der Waals surface area contributed by atoms with E-state index >= 15 is 0 Å². The van der Waals surface area contributed by atoms with Crippen LogP contribution in [0.4, 0.5) is 10.6 Å². The first-order chi connectivity index (χ1) is 7.67. The van der Waals surface area contributed by atoms with Gasteiger partial charge in [0.05, 0.1) is 0 Å². The van der Waals surface area contributed by atoms with Gasteiger partial charge in [-0.2, -0.15) is 0 Å². The van der Waals surface area contributed by atoms with Crippen LogP contribution in [0.2, 0.25) is 0 Å². The maximum atomic E-state index is 11.6. The molecule has 0 aliphatic rings. The monoisotopic (exact) mass is 221 g/mol. The van der Waals surface area contributed by atoms with Crippen molar-refractivity contribution in [3.63, 3.8) is 0 Å². The third kappa shape index (κ3) is 3.53. The molecule has 0 aliphatic carbocycles. The molecule has 0 bridgehead atoms. The lowest BCUT2D eigenvalue weighted by Crippen LogP contribution is -2.37. The Morgan fingerprint density at radius 2 is 2.12 bits per heavy atom. The minimum atomic E-state index is -0.185. The molecule has 2 amide bonds.